The molecule has 1 unspecified atom stereocenters. The van der Waals surface area contributed by atoms with Crippen LogP contribution in [0.4, 0.5) is 0 Å². The third-order valence-electron chi connectivity index (χ3n) is 7.53. The van der Waals surface area contributed by atoms with Crippen LogP contribution in [-0.2, 0) is 6.54 Å². The lowest BCUT2D eigenvalue weighted by atomic mass is 9.89. The van der Waals surface area contributed by atoms with Crippen LogP contribution in [0.25, 0.3) is 5.57 Å². The molecular weight excluding hydrogens is 454 g/mol. The fourth-order valence-electron chi connectivity index (χ4n) is 4.94. The molecule has 186 valence electrons. The Morgan fingerprint density at radius 3 is 2.74 bits per heavy atom. The second-order valence-corrected chi connectivity index (χ2v) is 11.0. The van der Waals surface area contributed by atoms with Crippen LogP contribution < -0.4 is 15.8 Å². The Labute approximate surface area is 215 Å². The van der Waals surface area contributed by atoms with Crippen molar-refractivity contribution in [2.45, 2.75) is 69.6 Å². The van der Waals surface area contributed by atoms with Gasteiger partial charge in [0.25, 0.3) is 0 Å². The molecule has 1 aliphatic heterocycles. The van der Waals surface area contributed by atoms with Gasteiger partial charge < -0.3 is 20.7 Å². The number of benzene rings is 2. The van der Waals surface area contributed by atoms with Crippen LogP contribution in [0.5, 0.6) is 5.75 Å². The summed E-state index contributed by atoms with van der Waals surface area (Å²) in [4.78, 5) is 2.35. The maximum absolute atomic E-state index is 6.81. The molecule has 2 fully saturated rings. The van der Waals surface area contributed by atoms with Crippen LogP contribution in [0.1, 0.15) is 68.1 Å². The largest absolute Gasteiger partial charge is 0.490 e. The van der Waals surface area contributed by atoms with Gasteiger partial charge in [-0.15, -0.1) is 0 Å². The van der Waals surface area contributed by atoms with Gasteiger partial charge >= 0.3 is 0 Å². The van der Waals surface area contributed by atoms with Gasteiger partial charge in [0.15, 0.2) is 0 Å². The predicted octanol–water partition coefficient (Wildman–Crippen LogP) is 6.26. The van der Waals surface area contributed by atoms with E-state index in [1.54, 1.807) is 0 Å². The summed E-state index contributed by atoms with van der Waals surface area (Å²) in [6, 6.07) is 15.0. The third kappa shape index (κ3) is 5.77. The van der Waals surface area contributed by atoms with Gasteiger partial charge in [-0.1, -0.05) is 54.9 Å². The molecule has 0 radical (unpaired) electrons. The lowest BCUT2D eigenvalue weighted by molar-refractivity contribution is 0.302. The zero-order chi connectivity index (χ0) is 24.4. The van der Waals surface area contributed by atoms with Crippen LogP contribution in [0.3, 0.4) is 0 Å². The summed E-state index contributed by atoms with van der Waals surface area (Å²) >= 11 is 6.67. The van der Waals surface area contributed by atoms with E-state index in [9.17, 15) is 0 Å². The highest BCUT2D eigenvalue weighted by Crippen LogP contribution is 2.48. The van der Waals surface area contributed by atoms with Crippen molar-refractivity contribution in [3.05, 3.63) is 82.0 Å². The van der Waals surface area contributed by atoms with Gasteiger partial charge in [-0.05, 0) is 92.4 Å². The van der Waals surface area contributed by atoms with Crippen LogP contribution in [0.2, 0.25) is 5.02 Å². The quantitative estimate of drug-likeness (QED) is 0.364. The van der Waals surface area contributed by atoms with Crippen molar-refractivity contribution in [3.8, 4) is 5.75 Å². The number of nitrogens with zero attached hydrogens (tertiary/aromatic N) is 1. The number of hydrogen-bond donors (Lipinski definition) is 2. The number of nitrogens with two attached hydrogens (primary N) is 1. The molecule has 2 saturated carbocycles. The topological polar surface area (TPSA) is 50.5 Å². The van der Waals surface area contributed by atoms with Gasteiger partial charge in [0.2, 0.25) is 0 Å². The van der Waals surface area contributed by atoms with Crippen LogP contribution >= 0.6 is 11.6 Å². The fraction of sp³-hybridized carbons (Fsp3) is 0.467. The van der Waals surface area contributed by atoms with Crippen LogP contribution in [0.15, 0.2) is 60.3 Å². The van der Waals surface area contributed by atoms with Gasteiger partial charge in [-0.25, -0.2) is 0 Å². The number of nitrogens with one attached hydrogen (secondary N) is 1. The Morgan fingerprint density at radius 2 is 2.00 bits per heavy atom. The summed E-state index contributed by atoms with van der Waals surface area (Å²) in [5.74, 6) is 1.49. The van der Waals surface area contributed by atoms with E-state index in [-0.39, 0.29) is 5.54 Å². The SMILES string of the molecule is CNCCCC(C)c1ccc(Cl)c(CN2C=C(C3(N)CC3)C(c3ccccc3OC3CC3)=CC2)c1. The Kier molecular flexibility index (Phi) is 7.24. The summed E-state index contributed by atoms with van der Waals surface area (Å²) in [5, 5.41) is 4.08. The molecule has 0 bridgehead atoms. The minimum atomic E-state index is -0.245. The van der Waals surface area contributed by atoms with Crippen molar-refractivity contribution in [1.82, 2.24) is 10.2 Å². The Balaban J connectivity index is 1.37. The van der Waals surface area contributed by atoms with Gasteiger partial charge in [0.1, 0.15) is 5.75 Å². The molecule has 0 aromatic heterocycles. The second kappa shape index (κ2) is 10.4. The predicted molar refractivity (Wildman–Crippen MR) is 146 cm³/mol. The fourth-order valence-corrected chi connectivity index (χ4v) is 5.12. The van der Waals surface area contributed by atoms with Gasteiger partial charge in [-0.2, -0.15) is 0 Å². The standard InChI is InChI=1S/C30H38ClN3O/c1-21(6-5-16-33-2)22-9-12-28(31)23(18-22)19-34-17-13-25(27(20-34)30(32)14-15-30)26-7-3-4-8-29(26)35-24-10-11-24/h3-4,7-9,12-13,18,20-21,24,33H,5-6,10-11,14-17,19,32H2,1-2H3. The molecule has 5 heteroatoms. The second-order valence-electron chi connectivity index (χ2n) is 10.6. The van der Waals surface area contributed by atoms with Gasteiger partial charge in [0.05, 0.1) is 6.10 Å². The monoisotopic (exact) mass is 491 g/mol. The van der Waals surface area contributed by atoms with E-state index in [0.717, 1.165) is 61.7 Å². The third-order valence-corrected chi connectivity index (χ3v) is 7.90. The summed E-state index contributed by atoms with van der Waals surface area (Å²) in [7, 11) is 2.01. The normalized spacial score (nSPS) is 19.7. The number of para-hydroxylation sites is 1. The van der Waals surface area contributed by atoms with E-state index in [2.05, 4.69) is 71.9 Å². The molecule has 0 saturated heterocycles. The molecule has 35 heavy (non-hydrogen) atoms. The zero-order valence-corrected chi connectivity index (χ0v) is 21.8. The van der Waals surface area contributed by atoms with E-state index < -0.39 is 0 Å². The molecular formula is C30H38ClN3O. The maximum atomic E-state index is 6.81. The first kappa shape index (κ1) is 24.4. The lowest BCUT2D eigenvalue weighted by Gasteiger charge is -2.31. The van der Waals surface area contributed by atoms with Crippen LogP contribution in [-0.4, -0.2) is 36.7 Å². The molecule has 1 heterocycles. The number of rotatable bonds is 11. The molecule has 0 amide bonds. The summed E-state index contributed by atoms with van der Waals surface area (Å²) < 4.78 is 6.26. The maximum Gasteiger partial charge on any atom is 0.127 e. The minimum absolute atomic E-state index is 0.245. The number of halogens is 1. The average molecular weight is 492 g/mol. The molecule has 3 N–H and O–H groups in total. The summed E-state index contributed by atoms with van der Waals surface area (Å²) in [5.41, 5.74) is 12.7. The number of hydrogen-bond acceptors (Lipinski definition) is 4. The molecule has 3 aliphatic rings. The summed E-state index contributed by atoms with van der Waals surface area (Å²) in [6.07, 6.45) is 11.7. The molecule has 2 aliphatic carbocycles. The van der Waals surface area contributed by atoms with Crippen molar-refractivity contribution in [2.24, 2.45) is 5.73 Å². The average Bonchev–Trinajstić information content (AvgIpc) is 3.80. The first-order chi connectivity index (χ1) is 17.0. The Bertz CT molecular complexity index is 1120. The highest BCUT2D eigenvalue weighted by molar-refractivity contribution is 6.31. The Morgan fingerprint density at radius 1 is 1.20 bits per heavy atom. The van der Waals surface area contributed by atoms with Gasteiger partial charge in [0, 0.05) is 35.4 Å². The molecule has 1 atom stereocenters. The van der Waals surface area contributed by atoms with E-state index >= 15 is 0 Å². The first-order valence-electron chi connectivity index (χ1n) is 13.1. The minimum Gasteiger partial charge on any atom is -0.490 e. The van der Waals surface area contributed by atoms with Crippen molar-refractivity contribution < 1.29 is 4.74 Å². The molecule has 5 rings (SSSR count). The van der Waals surface area contributed by atoms with E-state index in [1.807, 2.05) is 7.05 Å². The highest BCUT2D eigenvalue weighted by Gasteiger charge is 2.45. The Hall–Kier alpha value is -2.27. The van der Waals surface area contributed by atoms with E-state index in [0.29, 0.717) is 12.0 Å². The highest BCUT2D eigenvalue weighted by atomic mass is 35.5. The van der Waals surface area contributed by atoms with Crippen molar-refractivity contribution in [2.75, 3.05) is 20.1 Å². The molecule has 2 aromatic carbocycles. The summed E-state index contributed by atoms with van der Waals surface area (Å²) in [6.45, 7) is 4.96. The van der Waals surface area contributed by atoms with E-state index in [4.69, 9.17) is 22.1 Å². The molecule has 4 nitrogen and oxygen atoms in total. The number of ether oxygens (including phenoxy) is 1. The van der Waals surface area contributed by atoms with Crippen molar-refractivity contribution >= 4 is 17.2 Å². The molecule has 0 spiro atoms. The van der Waals surface area contributed by atoms with E-state index in [1.165, 1.54) is 35.1 Å². The zero-order valence-electron chi connectivity index (χ0n) is 21.0. The lowest BCUT2D eigenvalue weighted by Crippen LogP contribution is -2.31. The first-order valence-corrected chi connectivity index (χ1v) is 13.5. The van der Waals surface area contributed by atoms with Gasteiger partial charge in [-0.3, -0.25) is 0 Å². The molecule has 2 aromatic rings. The van der Waals surface area contributed by atoms with Crippen LogP contribution in [0, 0.1) is 0 Å². The smallest absolute Gasteiger partial charge is 0.127 e. The van der Waals surface area contributed by atoms with Crippen molar-refractivity contribution in [3.63, 3.8) is 0 Å². The van der Waals surface area contributed by atoms with Crippen molar-refractivity contribution in [1.29, 1.82) is 0 Å².